The fourth-order valence-corrected chi connectivity index (χ4v) is 5.56. The van der Waals surface area contributed by atoms with Crippen molar-refractivity contribution in [2.45, 2.75) is 18.4 Å². The van der Waals surface area contributed by atoms with Crippen LogP contribution < -0.4 is 5.01 Å². The molecule has 1 aliphatic carbocycles. The molecule has 4 aromatic carbocycles. The van der Waals surface area contributed by atoms with E-state index in [-0.39, 0.29) is 6.04 Å². The van der Waals surface area contributed by atoms with Crippen LogP contribution in [0.2, 0.25) is 0 Å². The number of hydrogen-bond donors (Lipinski definition) is 0. The lowest BCUT2D eigenvalue weighted by Crippen LogP contribution is -2.42. The Morgan fingerprint density at radius 3 is 1.94 bits per heavy atom. The zero-order valence-corrected chi connectivity index (χ0v) is 18.3. The third-order valence-electron chi connectivity index (χ3n) is 7.15. The van der Waals surface area contributed by atoms with Crippen molar-refractivity contribution < 1.29 is 0 Å². The lowest BCUT2D eigenvalue weighted by atomic mass is 9.86. The van der Waals surface area contributed by atoms with E-state index in [1.807, 2.05) is 0 Å². The van der Waals surface area contributed by atoms with Crippen LogP contribution in [0.1, 0.15) is 35.1 Å². The maximum Gasteiger partial charge on any atom is 0.103 e. The number of nitrogens with zero attached hydrogens (tertiary/aromatic N) is 2. The van der Waals surface area contributed by atoms with E-state index in [9.17, 15) is 0 Å². The van der Waals surface area contributed by atoms with Gasteiger partial charge in [-0.3, -0.25) is 9.69 Å². The first-order valence-corrected chi connectivity index (χ1v) is 11.7. The number of aromatic nitrogens is 1. The third kappa shape index (κ3) is 2.74. The smallest absolute Gasteiger partial charge is 0.103 e. The fourth-order valence-electron chi connectivity index (χ4n) is 5.56. The number of allylic oxidation sites excluding steroid dienone is 4. The van der Waals surface area contributed by atoms with Crippen molar-refractivity contribution in [1.82, 2.24) is 4.68 Å². The summed E-state index contributed by atoms with van der Waals surface area (Å²) in [6, 6.07) is 35.7. The Balaban J connectivity index is 1.38. The molecule has 5 aromatic rings. The van der Waals surface area contributed by atoms with Gasteiger partial charge in [-0.2, -0.15) is 0 Å². The normalized spacial score (nSPS) is 19.1. The molecule has 158 valence electrons. The van der Waals surface area contributed by atoms with Crippen molar-refractivity contribution in [1.29, 1.82) is 0 Å². The van der Waals surface area contributed by atoms with E-state index in [1.165, 1.54) is 44.2 Å². The summed E-state index contributed by atoms with van der Waals surface area (Å²) in [4.78, 5) is 0. The molecule has 0 spiro atoms. The lowest BCUT2D eigenvalue weighted by Gasteiger charge is -2.46. The zero-order valence-electron chi connectivity index (χ0n) is 18.3. The second-order valence-electron chi connectivity index (χ2n) is 8.97. The first-order chi connectivity index (χ1) is 16.4. The van der Waals surface area contributed by atoms with Crippen molar-refractivity contribution >= 4 is 27.5 Å². The largest absolute Gasteiger partial charge is 0.268 e. The number of anilines is 1. The molecular weight excluding hydrogens is 400 g/mol. The highest BCUT2D eigenvalue weighted by molar-refractivity contribution is 6.08. The van der Waals surface area contributed by atoms with E-state index in [4.69, 9.17) is 0 Å². The highest BCUT2D eigenvalue weighted by Crippen LogP contribution is 2.49. The molecule has 0 amide bonds. The summed E-state index contributed by atoms with van der Waals surface area (Å²) in [5.41, 5.74) is 7.86. The molecule has 2 nitrogen and oxygen atoms in total. The van der Waals surface area contributed by atoms with Gasteiger partial charge in [-0.05, 0) is 35.7 Å². The van der Waals surface area contributed by atoms with Gasteiger partial charge in [0.1, 0.15) is 6.04 Å². The standard InChI is InChI=1S/C31H24N2/c1-2-10-22(11-3-1)23-18-20-24(21-19-23)31-27-14-6-9-17-30(27)33(31)32-28-15-7-4-12-25(28)26-13-5-8-16-29(26)32/h1-10,12-22,31H,11H2. The van der Waals surface area contributed by atoms with Crippen molar-refractivity contribution in [3.05, 3.63) is 138 Å². The van der Waals surface area contributed by atoms with E-state index >= 15 is 0 Å². The van der Waals surface area contributed by atoms with Gasteiger partial charge in [0.05, 0.1) is 16.7 Å². The van der Waals surface area contributed by atoms with Crippen molar-refractivity contribution in [2.75, 3.05) is 5.01 Å². The molecule has 0 saturated carbocycles. The monoisotopic (exact) mass is 424 g/mol. The SMILES string of the molecule is C1=CCC(c2ccc(C3c4ccccc4N3n3c4ccccc4c4ccccc43)cc2)C=C1. The number of benzene rings is 4. The van der Waals surface area contributed by atoms with Crippen LogP contribution in [-0.4, -0.2) is 4.68 Å². The fraction of sp³-hybridized carbons (Fsp3) is 0.0968. The van der Waals surface area contributed by atoms with E-state index < -0.39 is 0 Å². The van der Waals surface area contributed by atoms with E-state index in [1.54, 1.807) is 0 Å². The lowest BCUT2D eigenvalue weighted by molar-refractivity contribution is 0.595. The Kier molecular flexibility index (Phi) is 4.07. The van der Waals surface area contributed by atoms with E-state index in [2.05, 4.69) is 131 Å². The summed E-state index contributed by atoms with van der Waals surface area (Å²) in [5, 5.41) is 5.06. The molecular formula is C31H24N2. The average molecular weight is 425 g/mol. The van der Waals surface area contributed by atoms with Crippen LogP contribution in [0.25, 0.3) is 21.8 Å². The van der Waals surface area contributed by atoms with Crippen molar-refractivity contribution in [2.24, 2.45) is 0 Å². The van der Waals surface area contributed by atoms with Crippen LogP contribution >= 0.6 is 0 Å². The Bertz CT molecular complexity index is 1500. The molecule has 1 aromatic heterocycles. The summed E-state index contributed by atoms with van der Waals surface area (Å²) >= 11 is 0. The molecule has 0 saturated heterocycles. The molecule has 0 radical (unpaired) electrons. The first-order valence-electron chi connectivity index (χ1n) is 11.7. The van der Waals surface area contributed by atoms with E-state index in [0.717, 1.165) is 6.42 Å². The minimum absolute atomic E-state index is 0.191. The number of rotatable bonds is 3. The third-order valence-corrected chi connectivity index (χ3v) is 7.15. The zero-order chi connectivity index (χ0) is 21.8. The van der Waals surface area contributed by atoms with Gasteiger partial charge >= 0.3 is 0 Å². The predicted octanol–water partition coefficient (Wildman–Crippen LogP) is 7.77. The number of para-hydroxylation sites is 3. The Hall–Kier alpha value is -4.04. The second-order valence-corrected chi connectivity index (χ2v) is 8.97. The molecule has 2 aliphatic rings. The molecule has 0 bridgehead atoms. The average Bonchev–Trinajstić information content (AvgIpc) is 3.20. The molecule has 1 aliphatic heterocycles. The minimum atomic E-state index is 0.191. The second kappa shape index (κ2) is 7.25. The maximum absolute atomic E-state index is 2.47. The van der Waals surface area contributed by atoms with Gasteiger partial charge in [-0.25, -0.2) is 0 Å². The summed E-state index contributed by atoms with van der Waals surface area (Å²) in [5.74, 6) is 0.478. The molecule has 33 heavy (non-hydrogen) atoms. The molecule has 0 fully saturated rings. The molecule has 2 unspecified atom stereocenters. The van der Waals surface area contributed by atoms with Crippen molar-refractivity contribution in [3.8, 4) is 0 Å². The maximum atomic E-state index is 2.47. The van der Waals surface area contributed by atoms with Crippen LogP contribution in [0.5, 0.6) is 0 Å². The van der Waals surface area contributed by atoms with Gasteiger partial charge in [0, 0.05) is 22.3 Å². The molecule has 2 heteroatoms. The molecule has 7 rings (SSSR count). The van der Waals surface area contributed by atoms with Gasteiger partial charge in [-0.1, -0.05) is 103 Å². The summed E-state index contributed by atoms with van der Waals surface area (Å²) in [6.07, 6.45) is 9.94. The Morgan fingerprint density at radius 2 is 1.24 bits per heavy atom. The summed E-state index contributed by atoms with van der Waals surface area (Å²) in [6.45, 7) is 0. The van der Waals surface area contributed by atoms with Gasteiger partial charge < -0.3 is 0 Å². The molecule has 2 atom stereocenters. The Morgan fingerprint density at radius 1 is 0.606 bits per heavy atom. The minimum Gasteiger partial charge on any atom is -0.268 e. The highest BCUT2D eigenvalue weighted by Gasteiger charge is 2.38. The van der Waals surface area contributed by atoms with Crippen LogP contribution in [-0.2, 0) is 0 Å². The van der Waals surface area contributed by atoms with Gasteiger partial charge in [-0.15, -0.1) is 0 Å². The van der Waals surface area contributed by atoms with Gasteiger partial charge in [0.2, 0.25) is 0 Å². The molecule has 0 N–H and O–H groups in total. The number of hydrogen-bond acceptors (Lipinski definition) is 1. The van der Waals surface area contributed by atoms with Crippen LogP contribution in [0, 0.1) is 0 Å². The van der Waals surface area contributed by atoms with Gasteiger partial charge in [0.25, 0.3) is 0 Å². The predicted molar refractivity (Wildman–Crippen MR) is 138 cm³/mol. The molecule has 2 heterocycles. The summed E-state index contributed by atoms with van der Waals surface area (Å²) < 4.78 is 2.42. The van der Waals surface area contributed by atoms with Gasteiger partial charge in [0.15, 0.2) is 0 Å². The quantitative estimate of drug-likeness (QED) is 0.287. The Labute approximate surface area is 193 Å². The first kappa shape index (κ1) is 18.5. The number of fused-ring (bicyclic) bond motifs is 4. The van der Waals surface area contributed by atoms with Crippen molar-refractivity contribution in [3.63, 3.8) is 0 Å². The topological polar surface area (TPSA) is 8.17 Å². The summed E-state index contributed by atoms with van der Waals surface area (Å²) in [7, 11) is 0. The highest BCUT2D eigenvalue weighted by atomic mass is 15.6. The van der Waals surface area contributed by atoms with E-state index in [0.29, 0.717) is 5.92 Å². The van der Waals surface area contributed by atoms with Crippen LogP contribution in [0.3, 0.4) is 0 Å². The van der Waals surface area contributed by atoms with Crippen LogP contribution in [0.15, 0.2) is 121 Å². The van der Waals surface area contributed by atoms with Crippen LogP contribution in [0.4, 0.5) is 5.69 Å².